The van der Waals surface area contributed by atoms with E-state index in [2.05, 4.69) is 10.6 Å². The summed E-state index contributed by atoms with van der Waals surface area (Å²) in [5, 5.41) is 22.7. The molecule has 2 N–H and O–H groups in total. The Morgan fingerprint density at radius 3 is 2.68 bits per heavy atom. The number of halogens is 1. The van der Waals surface area contributed by atoms with Crippen LogP contribution in [0.3, 0.4) is 0 Å². The summed E-state index contributed by atoms with van der Waals surface area (Å²) >= 11 is 0. The summed E-state index contributed by atoms with van der Waals surface area (Å²) < 4.78 is 19.6. The van der Waals surface area contributed by atoms with Gasteiger partial charge in [0.15, 0.2) is 11.6 Å². The van der Waals surface area contributed by atoms with Crippen molar-refractivity contribution in [2.24, 2.45) is 5.92 Å². The molecule has 2 rings (SSSR count). The smallest absolute Gasteiger partial charge is 0.319 e. The lowest BCUT2D eigenvalue weighted by Gasteiger charge is -2.11. The third kappa shape index (κ3) is 4.95. The van der Waals surface area contributed by atoms with Gasteiger partial charge in [0.2, 0.25) is 0 Å². The molecule has 0 radical (unpaired) electrons. The van der Waals surface area contributed by atoms with Crippen LogP contribution < -0.4 is 15.4 Å². The van der Waals surface area contributed by atoms with Gasteiger partial charge in [-0.2, -0.15) is 10.5 Å². The highest BCUT2D eigenvalue weighted by molar-refractivity contribution is 5.89. The van der Waals surface area contributed by atoms with Gasteiger partial charge >= 0.3 is 6.03 Å². The van der Waals surface area contributed by atoms with Crippen LogP contribution in [0.15, 0.2) is 42.5 Å². The molecule has 0 aromatic heterocycles. The first-order valence-corrected chi connectivity index (χ1v) is 7.44. The van der Waals surface area contributed by atoms with Crippen molar-refractivity contribution >= 4 is 11.7 Å². The fourth-order valence-corrected chi connectivity index (χ4v) is 1.89. The maximum absolute atomic E-state index is 14.2. The SMILES string of the molecule is CC(C#N)CNC(=O)Nc1ccc(Oc2ccccc2C#N)c(F)c1. The summed E-state index contributed by atoms with van der Waals surface area (Å²) in [7, 11) is 0. The van der Waals surface area contributed by atoms with Crippen LogP contribution in [0.4, 0.5) is 14.9 Å². The third-order valence-electron chi connectivity index (χ3n) is 3.21. The van der Waals surface area contributed by atoms with Gasteiger partial charge in [0.25, 0.3) is 0 Å². The lowest BCUT2D eigenvalue weighted by molar-refractivity contribution is 0.251. The number of urea groups is 1. The van der Waals surface area contributed by atoms with Gasteiger partial charge in [0.1, 0.15) is 11.8 Å². The van der Waals surface area contributed by atoms with Gasteiger partial charge < -0.3 is 15.4 Å². The second-order valence-corrected chi connectivity index (χ2v) is 5.22. The minimum Gasteiger partial charge on any atom is -0.453 e. The molecular formula is C18H15FN4O2. The molecule has 0 heterocycles. The van der Waals surface area contributed by atoms with Crippen molar-refractivity contribution < 1.29 is 13.9 Å². The fraction of sp³-hybridized carbons (Fsp3) is 0.167. The predicted molar refractivity (Wildman–Crippen MR) is 89.4 cm³/mol. The van der Waals surface area contributed by atoms with Gasteiger partial charge in [-0.1, -0.05) is 12.1 Å². The monoisotopic (exact) mass is 338 g/mol. The van der Waals surface area contributed by atoms with Gasteiger partial charge in [0.05, 0.1) is 17.6 Å². The van der Waals surface area contributed by atoms with Crippen molar-refractivity contribution in [1.82, 2.24) is 5.32 Å². The molecule has 0 aliphatic heterocycles. The van der Waals surface area contributed by atoms with E-state index in [1.807, 2.05) is 12.1 Å². The number of hydrogen-bond acceptors (Lipinski definition) is 4. The first-order chi connectivity index (χ1) is 12.0. The Hall–Kier alpha value is -3.58. The lowest BCUT2D eigenvalue weighted by Crippen LogP contribution is -2.32. The summed E-state index contributed by atoms with van der Waals surface area (Å²) in [6.45, 7) is 1.86. The number of amides is 2. The Balaban J connectivity index is 2.04. The van der Waals surface area contributed by atoms with Crippen LogP contribution >= 0.6 is 0 Å². The number of carbonyl (C=O) groups excluding carboxylic acids is 1. The lowest BCUT2D eigenvalue weighted by atomic mass is 10.2. The van der Waals surface area contributed by atoms with E-state index in [1.165, 1.54) is 12.1 Å². The fourth-order valence-electron chi connectivity index (χ4n) is 1.89. The number of ether oxygens (including phenoxy) is 1. The van der Waals surface area contributed by atoms with Crippen LogP contribution in [0, 0.1) is 34.4 Å². The molecule has 2 aromatic carbocycles. The Labute approximate surface area is 144 Å². The van der Waals surface area contributed by atoms with E-state index in [4.69, 9.17) is 15.3 Å². The van der Waals surface area contributed by atoms with E-state index < -0.39 is 11.8 Å². The van der Waals surface area contributed by atoms with Crippen LogP contribution in [-0.4, -0.2) is 12.6 Å². The van der Waals surface area contributed by atoms with Crippen molar-refractivity contribution in [3.8, 4) is 23.6 Å². The van der Waals surface area contributed by atoms with Crippen molar-refractivity contribution in [2.45, 2.75) is 6.92 Å². The number of nitrogens with one attached hydrogen (secondary N) is 2. The predicted octanol–water partition coefficient (Wildman–Crippen LogP) is 3.77. The zero-order valence-electron chi connectivity index (χ0n) is 13.4. The summed E-state index contributed by atoms with van der Waals surface area (Å²) in [6, 6.07) is 13.8. The molecule has 0 bridgehead atoms. The first-order valence-electron chi connectivity index (χ1n) is 7.44. The zero-order valence-corrected chi connectivity index (χ0v) is 13.4. The standard InChI is InChI=1S/C18H15FN4O2/c1-12(9-20)11-22-18(24)23-14-6-7-17(15(19)8-14)25-16-5-3-2-4-13(16)10-21/h2-8,12H,11H2,1H3,(H2,22,23,24). The van der Waals surface area contributed by atoms with Crippen molar-refractivity contribution in [3.05, 3.63) is 53.8 Å². The van der Waals surface area contributed by atoms with E-state index in [0.717, 1.165) is 6.07 Å². The van der Waals surface area contributed by atoms with E-state index >= 15 is 0 Å². The molecule has 126 valence electrons. The Bertz CT molecular complexity index is 855. The minimum atomic E-state index is -0.684. The summed E-state index contributed by atoms with van der Waals surface area (Å²) in [5.41, 5.74) is 0.524. The molecule has 0 aliphatic rings. The number of rotatable bonds is 5. The molecule has 2 aromatic rings. The third-order valence-corrected chi connectivity index (χ3v) is 3.21. The van der Waals surface area contributed by atoms with Gasteiger partial charge in [-0.15, -0.1) is 0 Å². The van der Waals surface area contributed by atoms with E-state index in [9.17, 15) is 9.18 Å². The molecule has 1 atom stereocenters. The zero-order chi connectivity index (χ0) is 18.2. The number of nitrogens with zero attached hydrogens (tertiary/aromatic N) is 2. The van der Waals surface area contributed by atoms with E-state index in [1.54, 1.807) is 31.2 Å². The van der Waals surface area contributed by atoms with Gasteiger partial charge in [-0.25, -0.2) is 9.18 Å². The summed E-state index contributed by atoms with van der Waals surface area (Å²) in [4.78, 5) is 11.7. The van der Waals surface area contributed by atoms with Crippen molar-refractivity contribution in [2.75, 3.05) is 11.9 Å². The molecular weight excluding hydrogens is 323 g/mol. The molecule has 0 saturated carbocycles. The molecule has 0 spiro atoms. The quantitative estimate of drug-likeness (QED) is 0.867. The maximum atomic E-state index is 14.2. The van der Waals surface area contributed by atoms with E-state index in [0.29, 0.717) is 0 Å². The molecule has 25 heavy (non-hydrogen) atoms. The molecule has 7 heteroatoms. The topological polar surface area (TPSA) is 97.9 Å². The molecule has 0 fully saturated rings. The summed E-state index contributed by atoms with van der Waals surface area (Å²) in [6.07, 6.45) is 0. The average Bonchev–Trinajstić information content (AvgIpc) is 2.62. The molecule has 0 saturated heterocycles. The number of carbonyl (C=O) groups is 1. The summed E-state index contributed by atoms with van der Waals surface area (Å²) in [5.74, 6) is -0.825. The van der Waals surface area contributed by atoms with Crippen molar-refractivity contribution in [1.29, 1.82) is 10.5 Å². The Morgan fingerprint density at radius 1 is 1.24 bits per heavy atom. The number of anilines is 1. The molecule has 6 nitrogen and oxygen atoms in total. The maximum Gasteiger partial charge on any atom is 0.319 e. The van der Waals surface area contributed by atoms with Crippen molar-refractivity contribution in [3.63, 3.8) is 0 Å². The van der Waals surface area contributed by atoms with Crippen LogP contribution in [0.1, 0.15) is 12.5 Å². The molecule has 1 unspecified atom stereocenters. The van der Waals surface area contributed by atoms with Gasteiger partial charge in [-0.05, 0) is 31.2 Å². The highest BCUT2D eigenvalue weighted by Gasteiger charge is 2.11. The minimum absolute atomic E-state index is 0.0632. The second kappa shape index (κ2) is 8.32. The van der Waals surface area contributed by atoms with Gasteiger partial charge in [0, 0.05) is 18.3 Å². The van der Waals surface area contributed by atoms with Gasteiger partial charge in [-0.3, -0.25) is 0 Å². The van der Waals surface area contributed by atoms with E-state index in [-0.39, 0.29) is 35.2 Å². The van der Waals surface area contributed by atoms with Crippen LogP contribution in [0.5, 0.6) is 11.5 Å². The number of para-hydroxylation sites is 1. The van der Waals surface area contributed by atoms with Crippen LogP contribution in [0.2, 0.25) is 0 Å². The largest absolute Gasteiger partial charge is 0.453 e. The molecule has 0 aliphatic carbocycles. The average molecular weight is 338 g/mol. The Kier molecular flexibility index (Phi) is 5.92. The first kappa shape index (κ1) is 17.8. The Morgan fingerprint density at radius 2 is 2.00 bits per heavy atom. The number of benzene rings is 2. The van der Waals surface area contributed by atoms with Crippen LogP contribution in [-0.2, 0) is 0 Å². The normalized spacial score (nSPS) is 10.9. The van der Waals surface area contributed by atoms with Crippen LogP contribution in [0.25, 0.3) is 0 Å². The highest BCUT2D eigenvalue weighted by Crippen LogP contribution is 2.28. The number of hydrogen-bond donors (Lipinski definition) is 2. The molecule has 2 amide bonds. The highest BCUT2D eigenvalue weighted by atomic mass is 19.1. The second-order valence-electron chi connectivity index (χ2n) is 5.22. The number of nitriles is 2.